The normalized spacial score (nSPS) is 27.1. The van der Waals surface area contributed by atoms with Gasteiger partial charge in [0.05, 0.1) is 12.2 Å². The Morgan fingerprint density at radius 3 is 1.92 bits per heavy atom. The van der Waals surface area contributed by atoms with Gasteiger partial charge in [0.15, 0.2) is 0 Å². The summed E-state index contributed by atoms with van der Waals surface area (Å²) in [4.78, 5) is 0. The number of ether oxygens (including phenoxy) is 3. The topological polar surface area (TPSA) is 27.7 Å². The Morgan fingerprint density at radius 2 is 1.46 bits per heavy atom. The first-order valence-corrected chi connectivity index (χ1v) is 13.0. The van der Waals surface area contributed by atoms with Crippen LogP contribution in [-0.2, 0) is 14.2 Å². The molecule has 2 unspecified atom stereocenters. The molecule has 3 nitrogen and oxygen atoms in total. The lowest BCUT2D eigenvalue weighted by Gasteiger charge is -2.33. The zero-order chi connectivity index (χ0) is 19.4. The molecule has 0 aromatic heterocycles. The number of unbranched alkanes of at least 4 members (excludes halogenated alkanes) is 2. The van der Waals surface area contributed by atoms with Crippen molar-refractivity contribution in [2.45, 2.75) is 96.1 Å². The molecule has 0 aromatic rings. The SMILES string of the molecule is CCCCC[C@@H]1O[C@@H](CC)C(OC(=S)SC)CCCCC1OC(=S)SC. The number of hydrogen-bond acceptors (Lipinski definition) is 7. The van der Waals surface area contributed by atoms with Crippen LogP contribution >= 0.6 is 48.0 Å². The maximum atomic E-state index is 6.60. The molecule has 1 saturated heterocycles. The summed E-state index contributed by atoms with van der Waals surface area (Å²) in [6.07, 6.45) is 13.7. The van der Waals surface area contributed by atoms with Crippen LogP contribution in [0.4, 0.5) is 0 Å². The van der Waals surface area contributed by atoms with Crippen molar-refractivity contribution in [1.29, 1.82) is 0 Å². The largest absolute Gasteiger partial charge is 0.473 e. The Morgan fingerprint density at radius 1 is 0.923 bits per heavy atom. The Balaban J connectivity index is 2.91. The lowest BCUT2D eigenvalue weighted by atomic mass is 10.0. The van der Waals surface area contributed by atoms with Crippen LogP contribution < -0.4 is 0 Å². The molecule has 0 amide bonds. The van der Waals surface area contributed by atoms with E-state index in [1.807, 2.05) is 12.5 Å². The zero-order valence-electron chi connectivity index (χ0n) is 16.5. The van der Waals surface area contributed by atoms with Gasteiger partial charge in [-0.2, -0.15) is 0 Å². The first-order chi connectivity index (χ1) is 12.5. The molecule has 0 N–H and O–H groups in total. The van der Waals surface area contributed by atoms with Crippen molar-refractivity contribution in [3.05, 3.63) is 0 Å². The van der Waals surface area contributed by atoms with Crippen molar-refractivity contribution in [2.24, 2.45) is 0 Å². The second-order valence-electron chi connectivity index (χ2n) is 6.62. The Hall–Kier alpha value is 0.440. The highest BCUT2D eigenvalue weighted by Crippen LogP contribution is 2.28. The molecular weight excluding hydrogens is 404 g/mol. The molecule has 0 spiro atoms. The molecule has 0 saturated carbocycles. The molecule has 26 heavy (non-hydrogen) atoms. The van der Waals surface area contributed by atoms with Gasteiger partial charge in [-0.3, -0.25) is 0 Å². The summed E-state index contributed by atoms with van der Waals surface area (Å²) in [6, 6.07) is 0. The van der Waals surface area contributed by atoms with Crippen LogP contribution in [0.15, 0.2) is 0 Å². The second kappa shape index (κ2) is 14.4. The average Bonchev–Trinajstić information content (AvgIpc) is 2.72. The standard InChI is InChI=1S/C19H34O3S4/c1-5-7-8-11-16-17(22-19(24)26-4)13-10-9-12-15(14(6-2)20-16)21-18(23)25-3/h14-17H,5-13H2,1-4H3/t14-,15?,16-,17?/m0/s1. The maximum Gasteiger partial charge on any atom is 0.220 e. The number of thioether (sulfide) groups is 2. The van der Waals surface area contributed by atoms with Crippen molar-refractivity contribution in [3.8, 4) is 0 Å². The van der Waals surface area contributed by atoms with E-state index in [0.29, 0.717) is 8.77 Å². The van der Waals surface area contributed by atoms with Gasteiger partial charge in [0, 0.05) is 0 Å². The van der Waals surface area contributed by atoms with E-state index in [2.05, 4.69) is 13.8 Å². The minimum absolute atomic E-state index is 0.0277. The van der Waals surface area contributed by atoms with Crippen LogP contribution in [-0.4, -0.2) is 45.7 Å². The third kappa shape index (κ3) is 9.09. The third-order valence-corrected chi connectivity index (χ3v) is 6.78. The monoisotopic (exact) mass is 438 g/mol. The van der Waals surface area contributed by atoms with Gasteiger partial charge >= 0.3 is 0 Å². The highest BCUT2D eigenvalue weighted by atomic mass is 32.2. The molecular formula is C19H34O3S4. The molecule has 152 valence electrons. The van der Waals surface area contributed by atoms with Gasteiger partial charge in [0.2, 0.25) is 8.77 Å². The predicted octanol–water partition coefficient (Wildman–Crippen LogP) is 6.37. The zero-order valence-corrected chi connectivity index (χ0v) is 19.8. The van der Waals surface area contributed by atoms with Crippen LogP contribution in [0.25, 0.3) is 0 Å². The maximum absolute atomic E-state index is 6.60. The van der Waals surface area contributed by atoms with E-state index in [0.717, 1.165) is 44.9 Å². The fourth-order valence-electron chi connectivity index (χ4n) is 3.28. The number of hydrogen-bond donors (Lipinski definition) is 0. The first kappa shape index (κ1) is 24.5. The van der Waals surface area contributed by atoms with Crippen LogP contribution in [0.1, 0.15) is 71.6 Å². The van der Waals surface area contributed by atoms with Gasteiger partial charge in [-0.25, -0.2) is 0 Å². The van der Waals surface area contributed by atoms with Crippen LogP contribution in [0.2, 0.25) is 0 Å². The summed E-state index contributed by atoms with van der Waals surface area (Å²) in [7, 11) is 0. The quantitative estimate of drug-likeness (QED) is 0.337. The average molecular weight is 439 g/mol. The Labute approximate surface area is 179 Å². The fraction of sp³-hybridized carbons (Fsp3) is 0.895. The molecule has 1 aliphatic rings. The molecule has 1 aliphatic heterocycles. The van der Waals surface area contributed by atoms with E-state index in [9.17, 15) is 0 Å². The molecule has 0 bridgehead atoms. The van der Waals surface area contributed by atoms with Crippen molar-refractivity contribution in [2.75, 3.05) is 12.5 Å². The van der Waals surface area contributed by atoms with Gasteiger partial charge in [-0.05, 0) is 75.5 Å². The summed E-state index contributed by atoms with van der Waals surface area (Å²) in [5, 5.41) is 0. The smallest absolute Gasteiger partial charge is 0.220 e. The summed E-state index contributed by atoms with van der Waals surface area (Å²) in [6.45, 7) is 4.38. The molecule has 1 heterocycles. The summed E-state index contributed by atoms with van der Waals surface area (Å²) >= 11 is 13.6. The molecule has 4 atom stereocenters. The van der Waals surface area contributed by atoms with E-state index in [4.69, 9.17) is 38.6 Å². The molecule has 0 radical (unpaired) electrons. The molecule has 1 fully saturated rings. The minimum Gasteiger partial charge on any atom is -0.473 e. The Kier molecular flexibility index (Phi) is 13.6. The van der Waals surface area contributed by atoms with E-state index < -0.39 is 0 Å². The van der Waals surface area contributed by atoms with Gasteiger partial charge in [-0.15, -0.1) is 0 Å². The van der Waals surface area contributed by atoms with Crippen molar-refractivity contribution in [3.63, 3.8) is 0 Å². The lowest BCUT2D eigenvalue weighted by molar-refractivity contribution is -0.109. The minimum atomic E-state index is 0.0277. The molecule has 0 aliphatic carbocycles. The summed E-state index contributed by atoms with van der Waals surface area (Å²) < 4.78 is 20.0. The van der Waals surface area contributed by atoms with E-state index in [1.165, 1.54) is 36.4 Å². The van der Waals surface area contributed by atoms with E-state index in [1.54, 1.807) is 0 Å². The van der Waals surface area contributed by atoms with Gasteiger partial charge < -0.3 is 14.2 Å². The second-order valence-corrected chi connectivity index (χ2v) is 9.44. The first-order valence-electron chi connectivity index (χ1n) is 9.70. The highest BCUT2D eigenvalue weighted by molar-refractivity contribution is 8.22. The third-order valence-electron chi connectivity index (χ3n) is 4.73. The summed E-state index contributed by atoms with van der Waals surface area (Å²) in [5.74, 6) is 0. The molecule has 0 aromatic carbocycles. The van der Waals surface area contributed by atoms with Gasteiger partial charge in [0.1, 0.15) is 12.2 Å². The number of rotatable bonds is 7. The lowest BCUT2D eigenvalue weighted by Crippen LogP contribution is -2.40. The van der Waals surface area contributed by atoms with E-state index in [-0.39, 0.29) is 24.4 Å². The fourth-order valence-corrected chi connectivity index (χ4v) is 3.97. The van der Waals surface area contributed by atoms with Crippen molar-refractivity contribution < 1.29 is 14.2 Å². The molecule has 7 heteroatoms. The molecule has 1 rings (SSSR count). The van der Waals surface area contributed by atoms with Crippen molar-refractivity contribution >= 4 is 56.7 Å². The summed E-state index contributed by atoms with van der Waals surface area (Å²) in [5.41, 5.74) is 0. The highest BCUT2D eigenvalue weighted by Gasteiger charge is 2.33. The van der Waals surface area contributed by atoms with Gasteiger partial charge in [0.25, 0.3) is 0 Å². The van der Waals surface area contributed by atoms with Crippen LogP contribution in [0.5, 0.6) is 0 Å². The van der Waals surface area contributed by atoms with Crippen LogP contribution in [0, 0.1) is 0 Å². The Bertz CT molecular complexity index is 420. The van der Waals surface area contributed by atoms with Gasteiger partial charge in [-0.1, -0.05) is 56.6 Å². The number of thiocarbonyl (C=S) groups is 2. The van der Waals surface area contributed by atoms with E-state index >= 15 is 0 Å². The van der Waals surface area contributed by atoms with Crippen LogP contribution in [0.3, 0.4) is 0 Å². The predicted molar refractivity (Wildman–Crippen MR) is 124 cm³/mol. The van der Waals surface area contributed by atoms with Crippen molar-refractivity contribution in [1.82, 2.24) is 0 Å².